The van der Waals surface area contributed by atoms with E-state index in [4.69, 9.17) is 14.2 Å². The fraction of sp³-hybridized carbons (Fsp3) is 0.368. The van der Waals surface area contributed by atoms with Crippen LogP contribution in [-0.4, -0.2) is 38.9 Å². The van der Waals surface area contributed by atoms with Crippen LogP contribution < -0.4 is 5.32 Å². The Hall–Kier alpha value is -2.60. The fourth-order valence-electron chi connectivity index (χ4n) is 3.40. The number of nitrogens with one attached hydrogen (secondary N) is 1. The second-order valence-corrected chi connectivity index (χ2v) is 6.00. The molecule has 0 spiro atoms. The molecule has 1 aromatic rings. The zero-order valence-electron chi connectivity index (χ0n) is 14.2. The van der Waals surface area contributed by atoms with Crippen LogP contribution in [-0.2, 0) is 19.0 Å². The third kappa shape index (κ3) is 3.44. The molecule has 25 heavy (non-hydrogen) atoms. The van der Waals surface area contributed by atoms with Gasteiger partial charge in [0.05, 0.1) is 24.9 Å². The first-order valence-corrected chi connectivity index (χ1v) is 8.14. The largest absolute Gasteiger partial charge is 0.471 e. The molecule has 1 aliphatic carbocycles. The van der Waals surface area contributed by atoms with Gasteiger partial charge in [-0.1, -0.05) is 24.3 Å². The molecular formula is C19H21NO5. The third-order valence-electron chi connectivity index (χ3n) is 4.66. The Morgan fingerprint density at radius 1 is 1.24 bits per heavy atom. The minimum absolute atomic E-state index is 0.0604. The molecule has 3 rings (SSSR count). The van der Waals surface area contributed by atoms with E-state index in [9.17, 15) is 9.59 Å². The van der Waals surface area contributed by atoms with E-state index in [0.717, 1.165) is 5.57 Å². The lowest BCUT2D eigenvalue weighted by Gasteiger charge is -2.34. The lowest BCUT2D eigenvalue weighted by molar-refractivity contribution is -0.146. The Balaban J connectivity index is 1.70. The van der Waals surface area contributed by atoms with Crippen molar-refractivity contribution in [3.05, 3.63) is 59.4 Å². The normalized spacial score (nSPS) is 24.5. The summed E-state index contributed by atoms with van der Waals surface area (Å²) in [4.78, 5) is 24.2. The number of methoxy groups -OCH3 is 2. The molecule has 0 aromatic heterocycles. The molecule has 6 nitrogen and oxygen atoms in total. The maximum Gasteiger partial charge on any atom is 0.337 e. The molecule has 132 valence electrons. The Bertz CT molecular complexity index is 710. The van der Waals surface area contributed by atoms with Crippen LogP contribution in [0.1, 0.15) is 16.8 Å². The second-order valence-electron chi connectivity index (χ2n) is 6.00. The van der Waals surface area contributed by atoms with Crippen molar-refractivity contribution in [3.8, 4) is 0 Å². The highest BCUT2D eigenvalue weighted by Crippen LogP contribution is 2.43. The van der Waals surface area contributed by atoms with Crippen LogP contribution in [0.3, 0.4) is 0 Å². The van der Waals surface area contributed by atoms with E-state index in [1.165, 1.54) is 13.4 Å². The number of hydrogen-bond donors (Lipinski definition) is 1. The number of benzene rings is 1. The van der Waals surface area contributed by atoms with Gasteiger partial charge in [0.1, 0.15) is 0 Å². The highest BCUT2D eigenvalue weighted by atomic mass is 16.7. The summed E-state index contributed by atoms with van der Waals surface area (Å²) in [6.45, 7) is 0.382. The molecule has 1 heterocycles. The van der Waals surface area contributed by atoms with Gasteiger partial charge in [-0.25, -0.2) is 4.79 Å². The molecule has 3 atom stereocenters. The van der Waals surface area contributed by atoms with E-state index in [1.807, 2.05) is 24.3 Å². The maximum atomic E-state index is 12.2. The third-order valence-corrected chi connectivity index (χ3v) is 4.66. The van der Waals surface area contributed by atoms with Crippen LogP contribution in [0.5, 0.6) is 0 Å². The van der Waals surface area contributed by atoms with Gasteiger partial charge in [-0.3, -0.25) is 4.79 Å². The minimum atomic E-state index is -0.485. The molecule has 0 saturated carbocycles. The number of carbonyl (C=O) groups excluding carboxylic acids is 2. The lowest BCUT2D eigenvalue weighted by atomic mass is 9.83. The second kappa shape index (κ2) is 7.53. The Labute approximate surface area is 146 Å². The van der Waals surface area contributed by atoms with Gasteiger partial charge in [-0.2, -0.15) is 0 Å². The molecule has 1 aliphatic heterocycles. The van der Waals surface area contributed by atoms with E-state index in [-0.39, 0.29) is 17.7 Å². The number of carbonyl (C=O) groups is 2. The number of hydrogen-bond acceptors (Lipinski definition) is 5. The molecule has 1 aromatic carbocycles. The van der Waals surface area contributed by atoms with Crippen molar-refractivity contribution in [1.29, 1.82) is 0 Å². The van der Waals surface area contributed by atoms with Crippen LogP contribution in [0.2, 0.25) is 0 Å². The fourth-order valence-corrected chi connectivity index (χ4v) is 3.40. The standard InChI is InChI=1S/C19H21NO5/c1-23-18(22)15-11-25-19(24-2)16-13(8-9-14(15)16)10-20-17(21)12-6-4-3-5-7-12/h3-8,11,14,16,19H,9-10H2,1-2H3,(H,20,21)/t14-,16-,19-/m1/s1. The van der Waals surface area contributed by atoms with Crippen LogP contribution in [0.15, 0.2) is 53.8 Å². The quantitative estimate of drug-likeness (QED) is 0.654. The predicted octanol–water partition coefficient (Wildman–Crippen LogP) is 2.04. The monoisotopic (exact) mass is 343 g/mol. The van der Waals surface area contributed by atoms with E-state index in [1.54, 1.807) is 19.2 Å². The Morgan fingerprint density at radius 3 is 2.68 bits per heavy atom. The molecule has 0 radical (unpaired) electrons. The number of amides is 1. The molecule has 0 saturated heterocycles. The number of rotatable bonds is 5. The van der Waals surface area contributed by atoms with E-state index in [0.29, 0.717) is 24.1 Å². The first kappa shape index (κ1) is 17.2. The molecule has 0 fully saturated rings. The van der Waals surface area contributed by atoms with Crippen LogP contribution >= 0.6 is 0 Å². The van der Waals surface area contributed by atoms with Crippen molar-refractivity contribution in [2.45, 2.75) is 12.7 Å². The topological polar surface area (TPSA) is 73.9 Å². The van der Waals surface area contributed by atoms with Crippen molar-refractivity contribution in [2.24, 2.45) is 11.8 Å². The SMILES string of the molecule is COC(=O)C1=CO[C@@H](OC)[C@@H]2C(CNC(=O)c3ccccc3)=CC[C@H]12. The number of allylic oxidation sites excluding steroid dienone is 1. The summed E-state index contributed by atoms with van der Waals surface area (Å²) in [5.74, 6) is -0.721. The summed E-state index contributed by atoms with van der Waals surface area (Å²) in [5, 5.41) is 2.92. The zero-order valence-corrected chi connectivity index (χ0v) is 14.2. The van der Waals surface area contributed by atoms with Gasteiger partial charge < -0.3 is 19.5 Å². The first-order chi connectivity index (χ1) is 12.2. The van der Waals surface area contributed by atoms with Gasteiger partial charge in [-0.15, -0.1) is 0 Å². The molecule has 0 bridgehead atoms. The van der Waals surface area contributed by atoms with Gasteiger partial charge in [0, 0.05) is 25.1 Å². The Morgan fingerprint density at radius 2 is 2.00 bits per heavy atom. The molecule has 1 N–H and O–H groups in total. The molecule has 0 unspecified atom stereocenters. The van der Waals surface area contributed by atoms with E-state index >= 15 is 0 Å². The van der Waals surface area contributed by atoms with Crippen LogP contribution in [0.25, 0.3) is 0 Å². The summed E-state index contributed by atoms with van der Waals surface area (Å²) < 4.78 is 15.8. The van der Waals surface area contributed by atoms with Crippen molar-refractivity contribution < 1.29 is 23.8 Å². The molecule has 2 aliphatic rings. The summed E-state index contributed by atoms with van der Waals surface area (Å²) in [6, 6.07) is 9.04. The molecular weight excluding hydrogens is 322 g/mol. The van der Waals surface area contributed by atoms with Gasteiger partial charge in [0.15, 0.2) is 0 Å². The average Bonchev–Trinajstić information content (AvgIpc) is 3.09. The smallest absolute Gasteiger partial charge is 0.337 e. The van der Waals surface area contributed by atoms with Crippen molar-refractivity contribution in [1.82, 2.24) is 5.32 Å². The average molecular weight is 343 g/mol. The predicted molar refractivity (Wildman–Crippen MR) is 90.4 cm³/mol. The molecule has 1 amide bonds. The summed E-state index contributed by atoms with van der Waals surface area (Å²) in [7, 11) is 2.92. The van der Waals surface area contributed by atoms with E-state index < -0.39 is 12.3 Å². The van der Waals surface area contributed by atoms with Gasteiger partial charge in [-0.05, 0) is 24.1 Å². The van der Waals surface area contributed by atoms with Crippen molar-refractivity contribution in [2.75, 3.05) is 20.8 Å². The number of fused-ring (bicyclic) bond motifs is 1. The zero-order chi connectivity index (χ0) is 17.8. The minimum Gasteiger partial charge on any atom is -0.471 e. The number of esters is 1. The lowest BCUT2D eigenvalue weighted by Crippen LogP contribution is -2.38. The van der Waals surface area contributed by atoms with E-state index in [2.05, 4.69) is 5.32 Å². The van der Waals surface area contributed by atoms with Gasteiger partial charge in [0.2, 0.25) is 6.29 Å². The molecule has 6 heteroatoms. The van der Waals surface area contributed by atoms with Gasteiger partial charge >= 0.3 is 5.97 Å². The summed E-state index contributed by atoms with van der Waals surface area (Å²) >= 11 is 0. The summed E-state index contributed by atoms with van der Waals surface area (Å²) in [5.41, 5.74) is 2.10. The summed E-state index contributed by atoms with van der Waals surface area (Å²) in [6.07, 6.45) is 3.67. The van der Waals surface area contributed by atoms with Crippen molar-refractivity contribution in [3.63, 3.8) is 0 Å². The van der Waals surface area contributed by atoms with Crippen molar-refractivity contribution >= 4 is 11.9 Å². The Kier molecular flexibility index (Phi) is 5.19. The van der Waals surface area contributed by atoms with Gasteiger partial charge in [0.25, 0.3) is 5.91 Å². The maximum absolute atomic E-state index is 12.2. The number of ether oxygens (including phenoxy) is 3. The highest BCUT2D eigenvalue weighted by Gasteiger charge is 2.44. The highest BCUT2D eigenvalue weighted by molar-refractivity contribution is 5.94. The van der Waals surface area contributed by atoms with Crippen LogP contribution in [0.4, 0.5) is 0 Å². The first-order valence-electron chi connectivity index (χ1n) is 8.14. The van der Waals surface area contributed by atoms with Crippen LogP contribution in [0, 0.1) is 11.8 Å².